The Morgan fingerprint density at radius 2 is 1.96 bits per heavy atom. The first-order valence-corrected chi connectivity index (χ1v) is 8.62. The van der Waals surface area contributed by atoms with Crippen molar-refractivity contribution in [2.75, 3.05) is 12.4 Å². The molecule has 0 aliphatic carbocycles. The maximum atomic E-state index is 12.3. The summed E-state index contributed by atoms with van der Waals surface area (Å²) in [6, 6.07) is 17.9. The lowest BCUT2D eigenvalue weighted by Gasteiger charge is -2.23. The zero-order chi connectivity index (χ0) is 17.1. The van der Waals surface area contributed by atoms with E-state index in [1.807, 2.05) is 54.7 Å². The molecule has 2 unspecified atom stereocenters. The molecule has 0 saturated heterocycles. The summed E-state index contributed by atoms with van der Waals surface area (Å²) < 4.78 is 1.93. The second-order valence-corrected chi connectivity index (χ2v) is 7.19. The highest BCUT2D eigenvalue weighted by molar-refractivity contribution is 7.97. The molecule has 5 heteroatoms. The molecule has 122 valence electrons. The maximum Gasteiger partial charge on any atom is 0.232 e. The molecule has 0 bridgehead atoms. The van der Waals surface area contributed by atoms with Crippen molar-refractivity contribution >= 4 is 23.5 Å². The van der Waals surface area contributed by atoms with Crippen molar-refractivity contribution in [3.63, 3.8) is 0 Å². The number of carbonyl (C=O) groups is 1. The molecule has 0 fully saturated rings. The number of carbonyl (C=O) groups excluding carboxylic acids is 1. The van der Waals surface area contributed by atoms with E-state index in [0.717, 1.165) is 16.1 Å². The number of hydrogen-bond donors (Lipinski definition) is 1. The van der Waals surface area contributed by atoms with Crippen molar-refractivity contribution in [1.82, 2.24) is 4.31 Å². The monoisotopic (exact) mass is 337 g/mol. The van der Waals surface area contributed by atoms with Gasteiger partial charge in [0.1, 0.15) is 6.04 Å². The number of nitrogens with zero attached hydrogens (tertiary/aromatic N) is 2. The number of hydrogen-bond acceptors (Lipinski definition) is 4. The van der Waals surface area contributed by atoms with Crippen LogP contribution in [-0.2, 0) is 4.79 Å². The van der Waals surface area contributed by atoms with Crippen LogP contribution in [0, 0.1) is 18.3 Å². The minimum Gasteiger partial charge on any atom is -0.325 e. The Morgan fingerprint density at radius 1 is 1.25 bits per heavy atom. The summed E-state index contributed by atoms with van der Waals surface area (Å²) in [5.41, 5.74) is 3.05. The van der Waals surface area contributed by atoms with Crippen molar-refractivity contribution in [2.24, 2.45) is 0 Å². The SMILES string of the molecule is Cc1ccc(SN(C)C(C#N)CC2C(=O)Nc3ccccc32)cc1. The molecular weight excluding hydrogens is 318 g/mol. The van der Waals surface area contributed by atoms with Crippen LogP contribution in [0.2, 0.25) is 0 Å². The first-order valence-electron chi connectivity index (χ1n) is 7.85. The number of rotatable bonds is 5. The molecule has 4 nitrogen and oxygen atoms in total. The van der Waals surface area contributed by atoms with E-state index in [-0.39, 0.29) is 17.9 Å². The summed E-state index contributed by atoms with van der Waals surface area (Å²) in [6.07, 6.45) is 0.481. The number of nitrogens with one attached hydrogen (secondary N) is 1. The number of benzene rings is 2. The molecule has 2 atom stereocenters. The number of anilines is 1. The number of aryl methyl sites for hydroxylation is 1. The van der Waals surface area contributed by atoms with E-state index in [1.165, 1.54) is 17.5 Å². The fraction of sp³-hybridized carbons (Fsp3) is 0.263. The van der Waals surface area contributed by atoms with Crippen LogP contribution < -0.4 is 5.32 Å². The molecule has 1 aliphatic heterocycles. The Balaban J connectivity index is 1.71. The van der Waals surface area contributed by atoms with Gasteiger partial charge in [0.25, 0.3) is 0 Å². The van der Waals surface area contributed by atoms with E-state index in [4.69, 9.17) is 0 Å². The van der Waals surface area contributed by atoms with Gasteiger partial charge in [0, 0.05) is 10.6 Å². The molecule has 3 rings (SSSR count). The van der Waals surface area contributed by atoms with Gasteiger partial charge < -0.3 is 5.32 Å². The van der Waals surface area contributed by atoms with Crippen LogP contribution in [-0.4, -0.2) is 23.3 Å². The zero-order valence-corrected chi connectivity index (χ0v) is 14.5. The van der Waals surface area contributed by atoms with Crippen LogP contribution in [0.3, 0.4) is 0 Å². The van der Waals surface area contributed by atoms with Gasteiger partial charge in [-0.15, -0.1) is 0 Å². The van der Waals surface area contributed by atoms with Crippen LogP contribution in [0.15, 0.2) is 53.4 Å². The van der Waals surface area contributed by atoms with Gasteiger partial charge in [0.05, 0.1) is 12.0 Å². The number of amides is 1. The van der Waals surface area contributed by atoms with E-state index in [9.17, 15) is 10.1 Å². The van der Waals surface area contributed by atoms with Gasteiger partial charge in [-0.3, -0.25) is 4.79 Å². The average molecular weight is 337 g/mol. The van der Waals surface area contributed by atoms with Crippen molar-refractivity contribution < 1.29 is 4.79 Å². The fourth-order valence-electron chi connectivity index (χ4n) is 2.84. The molecule has 24 heavy (non-hydrogen) atoms. The van der Waals surface area contributed by atoms with Crippen LogP contribution in [0.1, 0.15) is 23.5 Å². The number of para-hydroxylation sites is 1. The summed E-state index contributed by atoms with van der Waals surface area (Å²) in [5, 5.41) is 12.5. The first-order chi connectivity index (χ1) is 11.6. The van der Waals surface area contributed by atoms with Crippen molar-refractivity contribution in [2.45, 2.75) is 30.2 Å². The number of nitriles is 1. The Hall–Kier alpha value is -2.29. The van der Waals surface area contributed by atoms with E-state index < -0.39 is 0 Å². The Morgan fingerprint density at radius 3 is 2.67 bits per heavy atom. The summed E-state index contributed by atoms with van der Waals surface area (Å²) in [4.78, 5) is 13.3. The summed E-state index contributed by atoms with van der Waals surface area (Å²) in [6.45, 7) is 2.05. The smallest absolute Gasteiger partial charge is 0.232 e. The first kappa shape index (κ1) is 16.6. The summed E-state index contributed by atoms with van der Waals surface area (Å²) in [7, 11) is 1.90. The van der Waals surface area contributed by atoms with Crippen LogP contribution in [0.5, 0.6) is 0 Å². The average Bonchev–Trinajstić information content (AvgIpc) is 2.90. The lowest BCUT2D eigenvalue weighted by atomic mass is 9.94. The predicted octanol–water partition coefficient (Wildman–Crippen LogP) is 3.95. The minimum absolute atomic E-state index is 0.0230. The highest BCUT2D eigenvalue weighted by Crippen LogP contribution is 2.37. The van der Waals surface area contributed by atoms with Crippen LogP contribution in [0.25, 0.3) is 0 Å². The van der Waals surface area contributed by atoms with Gasteiger partial charge in [-0.05, 0) is 56.1 Å². The van der Waals surface area contributed by atoms with Crippen molar-refractivity contribution in [1.29, 1.82) is 5.26 Å². The minimum atomic E-state index is -0.349. The second-order valence-electron chi connectivity index (χ2n) is 5.96. The van der Waals surface area contributed by atoms with Gasteiger partial charge in [-0.2, -0.15) is 5.26 Å². The number of fused-ring (bicyclic) bond motifs is 1. The van der Waals surface area contributed by atoms with E-state index in [1.54, 1.807) is 0 Å². The van der Waals surface area contributed by atoms with Crippen LogP contribution in [0.4, 0.5) is 5.69 Å². The van der Waals surface area contributed by atoms with E-state index in [0.29, 0.717) is 6.42 Å². The highest BCUT2D eigenvalue weighted by Gasteiger charge is 2.33. The third-order valence-corrected chi connectivity index (χ3v) is 5.25. The molecule has 2 aromatic rings. The standard InChI is InChI=1S/C19H19N3OS/c1-13-7-9-15(10-8-13)24-22(2)14(12-20)11-17-16-5-3-4-6-18(16)21-19(17)23/h3-10,14,17H,11H2,1-2H3,(H,21,23). The zero-order valence-electron chi connectivity index (χ0n) is 13.7. The van der Waals surface area contributed by atoms with Gasteiger partial charge in [0.2, 0.25) is 5.91 Å². The predicted molar refractivity (Wildman–Crippen MR) is 96.6 cm³/mol. The molecule has 1 heterocycles. The molecule has 0 aromatic heterocycles. The molecule has 1 N–H and O–H groups in total. The van der Waals surface area contributed by atoms with Gasteiger partial charge in [0.15, 0.2) is 0 Å². The lowest BCUT2D eigenvalue weighted by Crippen LogP contribution is -2.28. The van der Waals surface area contributed by atoms with Gasteiger partial charge >= 0.3 is 0 Å². The van der Waals surface area contributed by atoms with E-state index in [2.05, 4.69) is 23.5 Å². The molecular formula is C19H19N3OS. The molecule has 2 aromatic carbocycles. The molecule has 1 aliphatic rings. The topological polar surface area (TPSA) is 56.1 Å². The molecule has 0 spiro atoms. The van der Waals surface area contributed by atoms with E-state index >= 15 is 0 Å². The highest BCUT2D eigenvalue weighted by atomic mass is 32.2. The lowest BCUT2D eigenvalue weighted by molar-refractivity contribution is -0.117. The van der Waals surface area contributed by atoms with Gasteiger partial charge in [-0.1, -0.05) is 35.9 Å². The molecule has 0 radical (unpaired) electrons. The fourth-order valence-corrected chi connectivity index (χ4v) is 3.70. The Kier molecular flexibility index (Phi) is 4.89. The second kappa shape index (κ2) is 7.08. The third kappa shape index (κ3) is 3.45. The quantitative estimate of drug-likeness (QED) is 0.839. The summed E-state index contributed by atoms with van der Waals surface area (Å²) in [5.74, 6) is -0.294. The van der Waals surface area contributed by atoms with Gasteiger partial charge in [-0.25, -0.2) is 4.31 Å². The Bertz CT molecular complexity index is 782. The largest absolute Gasteiger partial charge is 0.325 e. The molecule has 1 amide bonds. The maximum absolute atomic E-state index is 12.3. The summed E-state index contributed by atoms with van der Waals surface area (Å²) >= 11 is 1.53. The molecule has 0 saturated carbocycles. The normalized spacial score (nSPS) is 17.2. The third-order valence-electron chi connectivity index (χ3n) is 4.23. The van der Waals surface area contributed by atoms with Crippen molar-refractivity contribution in [3.8, 4) is 6.07 Å². The van der Waals surface area contributed by atoms with Crippen LogP contribution >= 0.6 is 11.9 Å². The van der Waals surface area contributed by atoms with Crippen molar-refractivity contribution in [3.05, 3.63) is 59.7 Å². The Labute approximate surface area is 146 Å².